The van der Waals surface area contributed by atoms with Crippen LogP contribution in [0.4, 0.5) is 0 Å². The molecule has 1 atom stereocenters. The van der Waals surface area contributed by atoms with Gasteiger partial charge in [-0.25, -0.2) is 15.0 Å². The van der Waals surface area contributed by atoms with Gasteiger partial charge in [0.1, 0.15) is 11.5 Å². The molecular weight excluding hydrogens is 226 g/mol. The average Bonchev–Trinajstić information content (AvgIpc) is 2.93. The number of nitrogens with one attached hydrogen (secondary N) is 2. The number of imidazole rings is 1. The Balaban J connectivity index is 1.95. The number of hydrogen-bond acceptors (Lipinski definition) is 4. The lowest BCUT2D eigenvalue weighted by Gasteiger charge is -2.23. The van der Waals surface area contributed by atoms with Crippen LogP contribution in [0.5, 0.6) is 0 Å². The summed E-state index contributed by atoms with van der Waals surface area (Å²) in [5.41, 5.74) is 1.95. The zero-order chi connectivity index (χ0) is 12.4. The van der Waals surface area contributed by atoms with E-state index in [1.54, 1.807) is 6.20 Å². The van der Waals surface area contributed by atoms with Gasteiger partial charge in [-0.05, 0) is 32.4 Å². The molecule has 2 aromatic heterocycles. The summed E-state index contributed by atoms with van der Waals surface area (Å²) in [6.45, 7) is 3.00. The third-order valence-corrected chi connectivity index (χ3v) is 3.27. The van der Waals surface area contributed by atoms with Gasteiger partial charge >= 0.3 is 0 Å². The summed E-state index contributed by atoms with van der Waals surface area (Å²) >= 11 is 0. The quantitative estimate of drug-likeness (QED) is 0.846. The maximum Gasteiger partial charge on any atom is 0.156 e. The average molecular weight is 243 g/mol. The van der Waals surface area contributed by atoms with Crippen molar-refractivity contribution in [1.29, 1.82) is 0 Å². The zero-order valence-electron chi connectivity index (χ0n) is 10.5. The van der Waals surface area contributed by atoms with Crippen LogP contribution in [-0.4, -0.2) is 26.5 Å². The third kappa shape index (κ3) is 2.26. The molecule has 3 heterocycles. The van der Waals surface area contributed by atoms with Crippen LogP contribution in [0, 0.1) is 6.92 Å². The molecule has 5 heteroatoms. The smallest absolute Gasteiger partial charge is 0.156 e. The summed E-state index contributed by atoms with van der Waals surface area (Å²) < 4.78 is 0. The van der Waals surface area contributed by atoms with Crippen molar-refractivity contribution in [2.45, 2.75) is 32.2 Å². The Morgan fingerprint density at radius 3 is 2.94 bits per heavy atom. The van der Waals surface area contributed by atoms with Crippen molar-refractivity contribution in [3.05, 3.63) is 30.0 Å². The second-order valence-corrected chi connectivity index (χ2v) is 4.67. The van der Waals surface area contributed by atoms with E-state index in [0.29, 0.717) is 6.04 Å². The van der Waals surface area contributed by atoms with Crippen LogP contribution in [0.1, 0.15) is 36.8 Å². The van der Waals surface area contributed by atoms with E-state index in [4.69, 9.17) is 0 Å². The van der Waals surface area contributed by atoms with Gasteiger partial charge in [0.2, 0.25) is 0 Å². The number of nitrogens with zero attached hydrogens (tertiary/aromatic N) is 3. The van der Waals surface area contributed by atoms with Gasteiger partial charge in [0.15, 0.2) is 5.82 Å². The van der Waals surface area contributed by atoms with Crippen LogP contribution in [-0.2, 0) is 0 Å². The van der Waals surface area contributed by atoms with Gasteiger partial charge in [-0.2, -0.15) is 0 Å². The van der Waals surface area contributed by atoms with Crippen molar-refractivity contribution in [3.63, 3.8) is 0 Å². The monoisotopic (exact) mass is 243 g/mol. The number of hydrogen-bond donors (Lipinski definition) is 2. The third-order valence-electron chi connectivity index (χ3n) is 3.27. The first-order chi connectivity index (χ1) is 8.83. The summed E-state index contributed by atoms with van der Waals surface area (Å²) in [7, 11) is 0. The van der Waals surface area contributed by atoms with Crippen LogP contribution in [0.25, 0.3) is 11.5 Å². The van der Waals surface area contributed by atoms with Crippen LogP contribution in [0.2, 0.25) is 0 Å². The summed E-state index contributed by atoms with van der Waals surface area (Å²) in [4.78, 5) is 16.3. The van der Waals surface area contributed by atoms with E-state index in [9.17, 15) is 0 Å². The van der Waals surface area contributed by atoms with Crippen LogP contribution >= 0.6 is 0 Å². The Hall–Kier alpha value is -1.75. The number of aryl methyl sites for hydroxylation is 1. The molecule has 0 bridgehead atoms. The van der Waals surface area contributed by atoms with E-state index < -0.39 is 0 Å². The van der Waals surface area contributed by atoms with Crippen LogP contribution in [0.3, 0.4) is 0 Å². The Labute approximate surface area is 106 Å². The Morgan fingerprint density at radius 2 is 2.22 bits per heavy atom. The number of rotatable bonds is 2. The van der Waals surface area contributed by atoms with Gasteiger partial charge < -0.3 is 10.3 Å². The Bertz CT molecular complexity index is 514. The molecule has 0 aromatic carbocycles. The minimum absolute atomic E-state index is 0.356. The fourth-order valence-corrected chi connectivity index (χ4v) is 2.40. The molecular formula is C13H17N5. The highest BCUT2D eigenvalue weighted by molar-refractivity contribution is 5.49. The lowest BCUT2D eigenvalue weighted by Crippen LogP contribution is -2.27. The molecule has 0 aliphatic carbocycles. The number of aromatic amines is 1. The molecule has 0 spiro atoms. The molecule has 5 nitrogen and oxygen atoms in total. The van der Waals surface area contributed by atoms with E-state index in [-0.39, 0.29) is 0 Å². The highest BCUT2D eigenvalue weighted by atomic mass is 15.0. The van der Waals surface area contributed by atoms with Crippen molar-refractivity contribution in [1.82, 2.24) is 25.3 Å². The molecule has 94 valence electrons. The molecule has 18 heavy (non-hydrogen) atoms. The fraction of sp³-hybridized carbons (Fsp3) is 0.462. The summed E-state index contributed by atoms with van der Waals surface area (Å²) in [5.74, 6) is 1.60. The number of H-pyrrole nitrogens is 1. The van der Waals surface area contributed by atoms with Gasteiger partial charge in [0, 0.05) is 18.4 Å². The fourth-order valence-electron chi connectivity index (χ4n) is 2.40. The van der Waals surface area contributed by atoms with Gasteiger partial charge in [0.25, 0.3) is 0 Å². The molecule has 2 aromatic rings. The topological polar surface area (TPSA) is 66.5 Å². The van der Waals surface area contributed by atoms with E-state index >= 15 is 0 Å². The highest BCUT2D eigenvalue weighted by Crippen LogP contribution is 2.23. The van der Waals surface area contributed by atoms with Crippen molar-refractivity contribution in [2.75, 3.05) is 6.54 Å². The van der Waals surface area contributed by atoms with Gasteiger partial charge in [-0.15, -0.1) is 0 Å². The molecule has 0 unspecified atom stereocenters. The molecule has 0 saturated carbocycles. The molecule has 1 fully saturated rings. The lowest BCUT2D eigenvalue weighted by atomic mass is 10.0. The maximum atomic E-state index is 4.55. The first-order valence-corrected chi connectivity index (χ1v) is 6.41. The minimum atomic E-state index is 0.356. The molecule has 2 N–H and O–H groups in total. The van der Waals surface area contributed by atoms with Crippen molar-refractivity contribution in [2.24, 2.45) is 0 Å². The molecule has 1 aliphatic rings. The summed E-state index contributed by atoms with van der Waals surface area (Å²) in [6, 6.07) is 2.39. The molecule has 0 radical (unpaired) electrons. The predicted molar refractivity (Wildman–Crippen MR) is 68.9 cm³/mol. The van der Waals surface area contributed by atoms with Crippen LogP contribution < -0.4 is 5.32 Å². The number of piperidine rings is 1. The second kappa shape index (κ2) is 4.86. The van der Waals surface area contributed by atoms with E-state index in [1.807, 2.05) is 19.2 Å². The van der Waals surface area contributed by atoms with E-state index in [1.165, 1.54) is 12.8 Å². The normalized spacial score (nSPS) is 19.9. The van der Waals surface area contributed by atoms with Crippen molar-refractivity contribution in [3.8, 4) is 11.5 Å². The maximum absolute atomic E-state index is 4.55. The van der Waals surface area contributed by atoms with Crippen LogP contribution in [0.15, 0.2) is 18.5 Å². The molecule has 0 amide bonds. The standard InChI is InChI=1S/C13H17N5/c1-9-17-11(10-4-2-3-5-14-10)8-12(18-9)13-15-6-7-16-13/h6-8,10,14H,2-5H2,1H3,(H,15,16)/t10-/m0/s1. The van der Waals surface area contributed by atoms with Gasteiger partial charge in [0.05, 0.1) is 5.69 Å². The van der Waals surface area contributed by atoms with E-state index in [0.717, 1.165) is 36.0 Å². The minimum Gasteiger partial charge on any atom is -0.343 e. The Morgan fingerprint density at radius 1 is 1.28 bits per heavy atom. The van der Waals surface area contributed by atoms with Gasteiger partial charge in [-0.1, -0.05) is 6.42 Å². The largest absolute Gasteiger partial charge is 0.343 e. The van der Waals surface area contributed by atoms with Crippen molar-refractivity contribution < 1.29 is 0 Å². The zero-order valence-corrected chi connectivity index (χ0v) is 10.5. The second-order valence-electron chi connectivity index (χ2n) is 4.67. The molecule has 1 saturated heterocycles. The predicted octanol–water partition coefficient (Wildman–Crippen LogP) is 1.99. The molecule has 1 aliphatic heterocycles. The SMILES string of the molecule is Cc1nc(-c2ncc[nH]2)cc([C@@H]2CCCCN2)n1. The first kappa shape index (κ1) is 11.3. The summed E-state index contributed by atoms with van der Waals surface area (Å²) in [5, 5.41) is 3.51. The Kier molecular flexibility index (Phi) is 3.06. The van der Waals surface area contributed by atoms with Crippen molar-refractivity contribution >= 4 is 0 Å². The first-order valence-electron chi connectivity index (χ1n) is 6.41. The summed E-state index contributed by atoms with van der Waals surface area (Å²) in [6.07, 6.45) is 7.22. The highest BCUT2D eigenvalue weighted by Gasteiger charge is 2.18. The lowest BCUT2D eigenvalue weighted by molar-refractivity contribution is 0.404. The molecule has 3 rings (SSSR count). The number of aromatic nitrogens is 4. The van der Waals surface area contributed by atoms with Gasteiger partial charge in [-0.3, -0.25) is 0 Å². The van der Waals surface area contributed by atoms with E-state index in [2.05, 4.69) is 25.3 Å².